The highest BCUT2D eigenvalue weighted by Crippen LogP contribution is 1.81. The molecule has 1 radical (unpaired) electrons. The highest BCUT2D eigenvalue weighted by Gasteiger charge is 1.65. The Morgan fingerprint density at radius 1 is 1.67 bits per heavy atom. The van der Waals surface area contributed by atoms with E-state index >= 15 is 0 Å². The molecule has 0 aliphatic carbocycles. The van der Waals surface area contributed by atoms with E-state index in [1.807, 2.05) is 0 Å². The molecule has 0 aromatic carbocycles. The molecule has 1 heteroatoms. The van der Waals surface area contributed by atoms with Crippen molar-refractivity contribution >= 4 is 15.9 Å². The molecule has 33 valence electrons. The summed E-state index contributed by atoms with van der Waals surface area (Å²) in [6.45, 7) is 3.34. The topological polar surface area (TPSA) is 0 Å². The van der Waals surface area contributed by atoms with E-state index in [2.05, 4.69) is 34.7 Å². The van der Waals surface area contributed by atoms with Crippen LogP contribution in [-0.4, -0.2) is 5.33 Å². The molecule has 0 bridgehead atoms. The lowest BCUT2D eigenvalue weighted by atomic mass is 10.5. The third-order valence-electron chi connectivity index (χ3n) is 0.344. The predicted molar refractivity (Wildman–Crippen MR) is 31.5 cm³/mol. The van der Waals surface area contributed by atoms with Crippen molar-refractivity contribution < 1.29 is 0 Å². The highest BCUT2D eigenvalue weighted by molar-refractivity contribution is 9.09. The predicted octanol–water partition coefficient (Wildman–Crippen LogP) is 1.61. The molecule has 0 aliphatic heterocycles. The van der Waals surface area contributed by atoms with Gasteiger partial charge in [-0.05, 0) is 0 Å². The van der Waals surface area contributed by atoms with E-state index < -0.39 is 0 Å². The Kier molecular flexibility index (Phi) is 5.07. The number of hydrogen-bond acceptors (Lipinski definition) is 0. The van der Waals surface area contributed by atoms with Gasteiger partial charge < -0.3 is 0 Å². The molecule has 0 aliphatic rings. The van der Waals surface area contributed by atoms with Gasteiger partial charge in [-0.25, -0.2) is 0 Å². The van der Waals surface area contributed by atoms with Gasteiger partial charge >= 0.3 is 0 Å². The van der Waals surface area contributed by atoms with Crippen LogP contribution in [0.1, 0.15) is 6.42 Å². The molecule has 0 unspecified atom stereocenters. The summed E-state index contributed by atoms with van der Waals surface area (Å²) in [5.41, 5.74) is 0. The summed E-state index contributed by atoms with van der Waals surface area (Å²) >= 11 is 3.22. The van der Waals surface area contributed by atoms with Gasteiger partial charge in [0, 0.05) is 18.7 Å². The van der Waals surface area contributed by atoms with Crippen LogP contribution in [0.15, 0.2) is 0 Å². The summed E-state index contributed by atoms with van der Waals surface area (Å²) in [6.07, 6.45) is 0.906. The summed E-state index contributed by atoms with van der Waals surface area (Å²) in [5.74, 6) is 5.33. The first-order valence-electron chi connectivity index (χ1n) is 1.72. The summed E-state index contributed by atoms with van der Waals surface area (Å²) in [4.78, 5) is 0. The summed E-state index contributed by atoms with van der Waals surface area (Å²) in [7, 11) is 0. The molecule has 0 fully saturated rings. The number of halogens is 1. The Morgan fingerprint density at radius 3 is 2.50 bits per heavy atom. The minimum Gasteiger partial charge on any atom is -0.102 e. The normalized spacial score (nSPS) is 6.33. The fourth-order valence-electron chi connectivity index (χ4n) is 0.136. The molecule has 0 atom stereocenters. The van der Waals surface area contributed by atoms with Crippen LogP contribution in [0.4, 0.5) is 0 Å². The van der Waals surface area contributed by atoms with Gasteiger partial charge in [-0.2, -0.15) is 0 Å². The van der Waals surface area contributed by atoms with Crippen LogP contribution in [-0.2, 0) is 0 Å². The van der Waals surface area contributed by atoms with E-state index in [0.717, 1.165) is 11.8 Å². The van der Waals surface area contributed by atoms with Crippen LogP contribution in [0.5, 0.6) is 0 Å². The molecule has 0 aromatic rings. The lowest BCUT2D eigenvalue weighted by Gasteiger charge is -1.69. The molecule has 0 N–H and O–H groups in total. The Balaban J connectivity index is 2.79. The van der Waals surface area contributed by atoms with E-state index in [1.54, 1.807) is 0 Å². The van der Waals surface area contributed by atoms with E-state index in [9.17, 15) is 0 Å². The molecule has 0 saturated heterocycles. The second-order valence-corrected chi connectivity index (χ2v) is 1.59. The fourth-order valence-corrected chi connectivity index (χ4v) is 0.334. The van der Waals surface area contributed by atoms with Crippen LogP contribution in [0.3, 0.4) is 0 Å². The molecule has 0 rings (SSSR count). The van der Waals surface area contributed by atoms with Gasteiger partial charge in [0.1, 0.15) is 0 Å². The average molecular weight is 146 g/mol. The van der Waals surface area contributed by atoms with Gasteiger partial charge in [0.05, 0.1) is 0 Å². The zero-order valence-corrected chi connectivity index (χ0v) is 5.09. The van der Waals surface area contributed by atoms with Crippen LogP contribution in [0.25, 0.3) is 0 Å². The van der Waals surface area contributed by atoms with Gasteiger partial charge in [-0.3, -0.25) is 0 Å². The maximum atomic E-state index is 3.34. The third kappa shape index (κ3) is 4.04. The van der Waals surface area contributed by atoms with E-state index in [1.165, 1.54) is 0 Å². The van der Waals surface area contributed by atoms with Crippen molar-refractivity contribution in [3.05, 3.63) is 6.92 Å². The number of alkyl halides is 1. The maximum absolute atomic E-state index is 3.34. The average Bonchev–Trinajstić information content (AvgIpc) is 1.61. The molecule has 0 heterocycles. The lowest BCUT2D eigenvalue weighted by molar-refractivity contribution is 1.32. The molecule has 0 saturated carbocycles. The van der Waals surface area contributed by atoms with Crippen molar-refractivity contribution in [2.45, 2.75) is 6.42 Å². The SMILES string of the molecule is [CH2]C#CCCBr. The molecule has 0 nitrogen and oxygen atoms in total. The monoisotopic (exact) mass is 145 g/mol. The Morgan fingerprint density at radius 2 is 2.33 bits per heavy atom. The van der Waals surface area contributed by atoms with Gasteiger partial charge in [-0.1, -0.05) is 15.9 Å². The zero-order chi connectivity index (χ0) is 4.83. The first-order chi connectivity index (χ1) is 2.91. The number of rotatable bonds is 1. The molecule has 0 spiro atoms. The van der Waals surface area contributed by atoms with E-state index in [4.69, 9.17) is 0 Å². The first-order valence-corrected chi connectivity index (χ1v) is 2.85. The van der Waals surface area contributed by atoms with Crippen LogP contribution >= 0.6 is 15.9 Å². The molecule has 6 heavy (non-hydrogen) atoms. The van der Waals surface area contributed by atoms with Crippen molar-refractivity contribution in [1.82, 2.24) is 0 Å². The van der Waals surface area contributed by atoms with Crippen molar-refractivity contribution in [2.24, 2.45) is 0 Å². The zero-order valence-electron chi connectivity index (χ0n) is 3.50. The maximum Gasteiger partial charge on any atom is 0.0198 e. The van der Waals surface area contributed by atoms with Gasteiger partial charge in [0.25, 0.3) is 0 Å². The standard InChI is InChI=1S/C5H6Br/c1-2-3-4-5-6/h1,4-5H2. The number of hydrogen-bond donors (Lipinski definition) is 0. The molecular weight excluding hydrogens is 140 g/mol. The quantitative estimate of drug-likeness (QED) is 0.389. The van der Waals surface area contributed by atoms with Crippen molar-refractivity contribution in [3.63, 3.8) is 0 Å². The fraction of sp³-hybridized carbons (Fsp3) is 0.400. The lowest BCUT2D eigenvalue weighted by Crippen LogP contribution is -1.62. The van der Waals surface area contributed by atoms with Crippen molar-refractivity contribution in [1.29, 1.82) is 0 Å². The smallest absolute Gasteiger partial charge is 0.0198 e. The van der Waals surface area contributed by atoms with E-state index in [-0.39, 0.29) is 0 Å². The largest absolute Gasteiger partial charge is 0.102 e. The van der Waals surface area contributed by atoms with Crippen molar-refractivity contribution in [3.8, 4) is 11.8 Å². The van der Waals surface area contributed by atoms with Crippen LogP contribution in [0, 0.1) is 18.8 Å². The highest BCUT2D eigenvalue weighted by atomic mass is 79.9. The molecular formula is C5H6Br. The van der Waals surface area contributed by atoms with Crippen molar-refractivity contribution in [2.75, 3.05) is 5.33 Å². The summed E-state index contributed by atoms with van der Waals surface area (Å²) in [5, 5.41) is 0.954. The van der Waals surface area contributed by atoms with Gasteiger partial charge in [-0.15, -0.1) is 11.8 Å². The molecule has 0 aromatic heterocycles. The summed E-state index contributed by atoms with van der Waals surface area (Å²) < 4.78 is 0. The Bertz CT molecular complexity index is 65.7. The van der Waals surface area contributed by atoms with Gasteiger partial charge in [0.2, 0.25) is 0 Å². The summed E-state index contributed by atoms with van der Waals surface area (Å²) in [6, 6.07) is 0. The minimum atomic E-state index is 0.906. The van der Waals surface area contributed by atoms with Crippen LogP contribution in [0.2, 0.25) is 0 Å². The first kappa shape index (κ1) is 6.04. The second kappa shape index (κ2) is 5.04. The molecule has 0 amide bonds. The van der Waals surface area contributed by atoms with Crippen LogP contribution < -0.4 is 0 Å². The van der Waals surface area contributed by atoms with E-state index in [0.29, 0.717) is 0 Å². The Labute approximate surface area is 47.1 Å². The van der Waals surface area contributed by atoms with Gasteiger partial charge in [0.15, 0.2) is 0 Å². The third-order valence-corrected chi connectivity index (χ3v) is 0.741. The minimum absolute atomic E-state index is 0.906. The second-order valence-electron chi connectivity index (χ2n) is 0.793. The Hall–Kier alpha value is 0.0400.